The predicted molar refractivity (Wildman–Crippen MR) is 54.7 cm³/mol. The quantitative estimate of drug-likeness (QED) is 0.673. The van der Waals surface area contributed by atoms with E-state index in [0.717, 1.165) is 0 Å². The van der Waals surface area contributed by atoms with Gasteiger partial charge in [-0.15, -0.1) is 0 Å². The molecule has 0 spiro atoms. The molecule has 1 aliphatic carbocycles. The first-order valence-electron chi connectivity index (χ1n) is 4.14. The van der Waals surface area contributed by atoms with Crippen LogP contribution in [0.25, 0.3) is 0 Å². The topological polar surface area (TPSA) is 77.0 Å². The van der Waals surface area contributed by atoms with Crippen LogP contribution in [0.3, 0.4) is 0 Å². The molecular weight excluding hydrogens is 188 g/mol. The van der Waals surface area contributed by atoms with Gasteiger partial charge in [-0.3, -0.25) is 0 Å². The summed E-state index contributed by atoms with van der Waals surface area (Å²) < 4.78 is 0. The number of hydrogen-bond donors (Lipinski definition) is 3. The monoisotopic (exact) mass is 198 g/mol. The van der Waals surface area contributed by atoms with Crippen LogP contribution < -0.4 is 16.8 Å². The molecule has 0 bridgehead atoms. The summed E-state index contributed by atoms with van der Waals surface area (Å²) in [5.74, 6) is 0.643. The van der Waals surface area contributed by atoms with Crippen molar-refractivity contribution in [1.82, 2.24) is 4.98 Å². The fraction of sp³-hybridized carbons (Fsp3) is 0.375. The number of halogens is 1. The maximum absolute atomic E-state index is 5.74. The van der Waals surface area contributed by atoms with Crippen molar-refractivity contribution in [3.8, 4) is 0 Å². The first kappa shape index (κ1) is 8.44. The van der Waals surface area contributed by atoms with E-state index in [1.165, 1.54) is 19.0 Å². The van der Waals surface area contributed by atoms with Crippen molar-refractivity contribution >= 4 is 28.8 Å². The van der Waals surface area contributed by atoms with Gasteiger partial charge in [-0.05, 0) is 12.8 Å². The molecule has 1 saturated carbocycles. The van der Waals surface area contributed by atoms with Gasteiger partial charge in [0.25, 0.3) is 0 Å². The molecular formula is C8H11ClN4. The van der Waals surface area contributed by atoms with Crippen LogP contribution in [0.2, 0.25) is 5.02 Å². The highest BCUT2D eigenvalue weighted by atomic mass is 35.5. The van der Waals surface area contributed by atoms with Crippen molar-refractivity contribution in [3.63, 3.8) is 0 Å². The van der Waals surface area contributed by atoms with Crippen LogP contribution in [0.1, 0.15) is 12.8 Å². The third kappa shape index (κ3) is 1.62. The van der Waals surface area contributed by atoms with Gasteiger partial charge < -0.3 is 16.8 Å². The van der Waals surface area contributed by atoms with Gasteiger partial charge in [-0.1, -0.05) is 11.6 Å². The first-order valence-corrected chi connectivity index (χ1v) is 4.52. The first-order chi connectivity index (χ1) is 6.18. The van der Waals surface area contributed by atoms with E-state index in [9.17, 15) is 0 Å². The Morgan fingerprint density at radius 3 is 2.69 bits per heavy atom. The van der Waals surface area contributed by atoms with Gasteiger partial charge >= 0.3 is 0 Å². The van der Waals surface area contributed by atoms with Crippen LogP contribution in [0.4, 0.5) is 17.2 Å². The lowest BCUT2D eigenvalue weighted by Crippen LogP contribution is -2.08. The molecule has 1 aliphatic rings. The highest BCUT2D eigenvalue weighted by Gasteiger charge is 2.22. The molecule has 0 saturated heterocycles. The molecule has 1 aromatic heterocycles. The van der Waals surface area contributed by atoms with Crippen LogP contribution >= 0.6 is 11.6 Å². The molecule has 1 heterocycles. The Hall–Kier alpha value is -1.16. The number of aromatic nitrogens is 1. The summed E-state index contributed by atoms with van der Waals surface area (Å²) in [5, 5.41) is 3.58. The largest absolute Gasteiger partial charge is 0.396 e. The van der Waals surface area contributed by atoms with E-state index in [1.807, 2.05) is 0 Å². The molecule has 0 unspecified atom stereocenters. The number of nitrogens with zero attached hydrogens (tertiary/aromatic N) is 1. The molecule has 5 heteroatoms. The number of hydrogen-bond acceptors (Lipinski definition) is 4. The van der Waals surface area contributed by atoms with Gasteiger partial charge in [0.05, 0.1) is 22.6 Å². The van der Waals surface area contributed by atoms with Crippen LogP contribution in [-0.2, 0) is 0 Å². The standard InChI is InChI=1S/C8H11ClN4/c9-5-3-12-8(7(11)6(5)10)13-4-1-2-4/h3-4H,1-2,11H2,(H3,10,12,13). The SMILES string of the molecule is Nc1c(Cl)cnc(NC2CC2)c1N. The molecule has 4 nitrogen and oxygen atoms in total. The zero-order valence-electron chi connectivity index (χ0n) is 7.05. The van der Waals surface area contributed by atoms with E-state index in [1.54, 1.807) is 0 Å². The average molecular weight is 199 g/mol. The Balaban J connectivity index is 2.29. The molecule has 0 aromatic carbocycles. The zero-order chi connectivity index (χ0) is 9.42. The van der Waals surface area contributed by atoms with Crippen LogP contribution in [0.5, 0.6) is 0 Å². The molecule has 0 radical (unpaired) electrons. The summed E-state index contributed by atoms with van der Waals surface area (Å²) in [7, 11) is 0. The number of nitrogens with two attached hydrogens (primary N) is 2. The van der Waals surface area contributed by atoms with Gasteiger partial charge in [0.1, 0.15) is 0 Å². The van der Waals surface area contributed by atoms with Crippen molar-refractivity contribution in [3.05, 3.63) is 11.2 Å². The van der Waals surface area contributed by atoms with Gasteiger partial charge in [0.15, 0.2) is 5.82 Å². The summed E-state index contributed by atoms with van der Waals surface area (Å²) in [6, 6.07) is 0.510. The molecule has 1 aromatic rings. The van der Waals surface area contributed by atoms with Crippen molar-refractivity contribution in [2.24, 2.45) is 0 Å². The number of rotatable bonds is 2. The fourth-order valence-electron chi connectivity index (χ4n) is 1.05. The smallest absolute Gasteiger partial charge is 0.151 e. The zero-order valence-corrected chi connectivity index (χ0v) is 7.80. The maximum Gasteiger partial charge on any atom is 0.151 e. The third-order valence-corrected chi connectivity index (χ3v) is 2.33. The fourth-order valence-corrected chi connectivity index (χ4v) is 1.20. The normalized spacial score (nSPS) is 15.8. The van der Waals surface area contributed by atoms with Crippen molar-refractivity contribution in [1.29, 1.82) is 0 Å². The Morgan fingerprint density at radius 1 is 1.38 bits per heavy atom. The summed E-state index contributed by atoms with van der Waals surface area (Å²) in [6.45, 7) is 0. The van der Waals surface area contributed by atoms with Gasteiger partial charge in [0, 0.05) is 6.04 Å². The minimum Gasteiger partial charge on any atom is -0.396 e. The second-order valence-electron chi connectivity index (χ2n) is 3.20. The summed E-state index contributed by atoms with van der Waals surface area (Å²) in [6.07, 6.45) is 3.85. The Bertz CT molecular complexity index is 335. The maximum atomic E-state index is 5.74. The Labute approximate surface area is 81.3 Å². The van der Waals surface area contributed by atoms with E-state index < -0.39 is 0 Å². The lowest BCUT2D eigenvalue weighted by molar-refractivity contribution is 1.12. The molecule has 0 aliphatic heterocycles. The Morgan fingerprint density at radius 2 is 2.08 bits per heavy atom. The van der Waals surface area contributed by atoms with E-state index in [-0.39, 0.29) is 0 Å². The highest BCUT2D eigenvalue weighted by molar-refractivity contribution is 6.33. The van der Waals surface area contributed by atoms with E-state index >= 15 is 0 Å². The number of anilines is 3. The number of nitrogen functional groups attached to an aromatic ring is 2. The van der Waals surface area contributed by atoms with Crippen LogP contribution in [0.15, 0.2) is 6.20 Å². The van der Waals surface area contributed by atoms with Crippen molar-refractivity contribution in [2.45, 2.75) is 18.9 Å². The van der Waals surface area contributed by atoms with Crippen molar-refractivity contribution in [2.75, 3.05) is 16.8 Å². The summed E-state index contributed by atoms with van der Waals surface area (Å²) >= 11 is 5.74. The average Bonchev–Trinajstić information content (AvgIpc) is 2.90. The third-order valence-electron chi connectivity index (χ3n) is 2.03. The minimum absolute atomic E-state index is 0.402. The molecule has 2 rings (SSSR count). The lowest BCUT2D eigenvalue weighted by Gasteiger charge is -2.09. The van der Waals surface area contributed by atoms with E-state index in [2.05, 4.69) is 10.3 Å². The van der Waals surface area contributed by atoms with E-state index in [0.29, 0.717) is 28.3 Å². The minimum atomic E-state index is 0.402. The molecule has 1 fully saturated rings. The predicted octanol–water partition coefficient (Wildman–Crippen LogP) is 1.47. The second-order valence-corrected chi connectivity index (χ2v) is 3.61. The molecule has 0 amide bonds. The van der Waals surface area contributed by atoms with Crippen LogP contribution in [0, 0.1) is 0 Å². The lowest BCUT2D eigenvalue weighted by atomic mass is 10.3. The van der Waals surface area contributed by atoms with E-state index in [4.69, 9.17) is 23.1 Å². The molecule has 13 heavy (non-hydrogen) atoms. The van der Waals surface area contributed by atoms with Crippen LogP contribution in [-0.4, -0.2) is 11.0 Å². The Kier molecular flexibility index (Phi) is 1.92. The van der Waals surface area contributed by atoms with Gasteiger partial charge in [-0.25, -0.2) is 4.98 Å². The van der Waals surface area contributed by atoms with Crippen molar-refractivity contribution < 1.29 is 0 Å². The molecule has 5 N–H and O–H groups in total. The highest BCUT2D eigenvalue weighted by Crippen LogP contribution is 2.32. The van der Waals surface area contributed by atoms with Gasteiger partial charge in [-0.2, -0.15) is 0 Å². The number of pyridine rings is 1. The second kappa shape index (κ2) is 2.96. The number of nitrogens with one attached hydrogen (secondary N) is 1. The van der Waals surface area contributed by atoms with Gasteiger partial charge in [0.2, 0.25) is 0 Å². The summed E-state index contributed by atoms with van der Waals surface area (Å²) in [5.41, 5.74) is 12.2. The molecule has 0 atom stereocenters. The summed E-state index contributed by atoms with van der Waals surface area (Å²) in [4.78, 5) is 4.07. The molecule has 70 valence electrons.